The number of carbonyl (C=O) groups excluding carboxylic acids is 3. The quantitative estimate of drug-likeness (QED) is 0.549. The van der Waals surface area contributed by atoms with E-state index >= 15 is 0 Å². The topological polar surface area (TPSA) is 83.5 Å². The molecule has 1 aliphatic heterocycles. The van der Waals surface area contributed by atoms with E-state index in [2.05, 4.69) is 39.1 Å². The number of hydrogen-bond donors (Lipinski definition) is 2. The van der Waals surface area contributed by atoms with Crippen LogP contribution in [-0.4, -0.2) is 34.7 Å². The maximum absolute atomic E-state index is 13.7. The van der Waals surface area contributed by atoms with Crippen LogP contribution in [0, 0.1) is 29.1 Å². The van der Waals surface area contributed by atoms with E-state index in [1.165, 1.54) is 5.57 Å². The minimum absolute atomic E-state index is 0.000553. The number of aliphatic hydroxyl groups excluding tert-OH is 1. The van der Waals surface area contributed by atoms with Gasteiger partial charge in [-0.1, -0.05) is 44.1 Å². The average Bonchev–Trinajstić information content (AvgIpc) is 2.93. The second-order valence-electron chi connectivity index (χ2n) is 9.79. The number of nitrogens with one attached hydrogen (secondary N) is 1. The van der Waals surface area contributed by atoms with Crippen molar-refractivity contribution in [1.29, 1.82) is 0 Å². The molecule has 29 heavy (non-hydrogen) atoms. The van der Waals surface area contributed by atoms with Crippen LogP contribution in [-0.2, 0) is 14.4 Å². The number of amides is 1. The summed E-state index contributed by atoms with van der Waals surface area (Å²) in [5.41, 5.74) is 1.06. The third-order valence-corrected chi connectivity index (χ3v) is 7.31. The maximum Gasteiger partial charge on any atom is 0.235 e. The SMILES string of the molecule is CC1=C[C@@H]2/C=C(\C)CC[C@@H](O)C(=O)CCC(=O)[C@]23C(=O)N[C@@H](CC(C)C)[C@@H]3[C@@H]1C. The van der Waals surface area contributed by atoms with Crippen LogP contribution in [0.25, 0.3) is 0 Å². The Labute approximate surface area is 174 Å². The fourth-order valence-electron chi connectivity index (χ4n) is 5.73. The van der Waals surface area contributed by atoms with Crippen molar-refractivity contribution in [3.8, 4) is 0 Å². The molecule has 1 saturated heterocycles. The molecule has 1 heterocycles. The number of aliphatic hydroxyl groups is 1. The molecule has 1 amide bonds. The molecule has 0 saturated carbocycles. The molecule has 3 rings (SSSR count). The first-order valence-corrected chi connectivity index (χ1v) is 11.0. The molecule has 2 N–H and O–H groups in total. The standard InChI is InChI=1S/C24H35NO4/c1-13(2)10-18-22-16(5)15(4)12-17-11-14(3)6-7-19(26)20(27)8-9-21(28)24(17,22)23(29)25-18/h11-13,16-19,22,26H,6-10H2,1-5H3,(H,25,29)/b14-11+/t16-,17+,18+,19-,22+,24-/m1/s1. The third kappa shape index (κ3) is 3.74. The largest absolute Gasteiger partial charge is 0.385 e. The Kier molecular flexibility index (Phi) is 6.19. The summed E-state index contributed by atoms with van der Waals surface area (Å²) in [7, 11) is 0. The van der Waals surface area contributed by atoms with Crippen LogP contribution in [0.2, 0.25) is 0 Å². The van der Waals surface area contributed by atoms with Crippen molar-refractivity contribution in [2.75, 3.05) is 0 Å². The average molecular weight is 402 g/mol. The number of carbonyl (C=O) groups is 3. The first-order valence-electron chi connectivity index (χ1n) is 11.0. The van der Waals surface area contributed by atoms with E-state index < -0.39 is 11.5 Å². The van der Waals surface area contributed by atoms with Gasteiger partial charge in [0.15, 0.2) is 5.78 Å². The van der Waals surface area contributed by atoms with Crippen molar-refractivity contribution in [3.05, 3.63) is 23.3 Å². The van der Waals surface area contributed by atoms with Gasteiger partial charge in [0.1, 0.15) is 17.3 Å². The second-order valence-corrected chi connectivity index (χ2v) is 9.79. The monoisotopic (exact) mass is 401 g/mol. The van der Waals surface area contributed by atoms with Crippen molar-refractivity contribution >= 4 is 17.5 Å². The summed E-state index contributed by atoms with van der Waals surface area (Å²) in [5, 5.41) is 13.3. The van der Waals surface area contributed by atoms with Gasteiger partial charge in [0.2, 0.25) is 5.91 Å². The first-order chi connectivity index (χ1) is 13.6. The summed E-state index contributed by atoms with van der Waals surface area (Å²) in [4.78, 5) is 39.5. The van der Waals surface area contributed by atoms with Crippen LogP contribution in [0.3, 0.4) is 0 Å². The van der Waals surface area contributed by atoms with Gasteiger partial charge in [-0.2, -0.15) is 0 Å². The Morgan fingerprint density at radius 2 is 1.83 bits per heavy atom. The highest BCUT2D eigenvalue weighted by Crippen LogP contribution is 2.55. The van der Waals surface area contributed by atoms with Gasteiger partial charge >= 0.3 is 0 Å². The van der Waals surface area contributed by atoms with Gasteiger partial charge in [-0.3, -0.25) is 14.4 Å². The predicted molar refractivity (Wildman–Crippen MR) is 112 cm³/mol. The van der Waals surface area contributed by atoms with Gasteiger partial charge in [0.05, 0.1) is 0 Å². The second kappa shape index (κ2) is 8.17. The van der Waals surface area contributed by atoms with Crippen molar-refractivity contribution in [2.45, 2.75) is 78.9 Å². The first kappa shape index (κ1) is 21.9. The minimum Gasteiger partial charge on any atom is -0.385 e. The molecule has 1 spiro atoms. The van der Waals surface area contributed by atoms with Gasteiger partial charge in [-0.05, 0) is 44.9 Å². The molecule has 0 bridgehead atoms. The lowest BCUT2D eigenvalue weighted by Crippen LogP contribution is -2.52. The van der Waals surface area contributed by atoms with Crippen LogP contribution >= 0.6 is 0 Å². The number of hydrogen-bond acceptors (Lipinski definition) is 4. The summed E-state index contributed by atoms with van der Waals surface area (Å²) in [6.45, 7) is 10.4. The van der Waals surface area contributed by atoms with Crippen molar-refractivity contribution < 1.29 is 19.5 Å². The van der Waals surface area contributed by atoms with Crippen LogP contribution in [0.5, 0.6) is 0 Å². The molecule has 0 aromatic rings. The third-order valence-electron chi connectivity index (χ3n) is 7.31. The molecular weight excluding hydrogens is 366 g/mol. The summed E-state index contributed by atoms with van der Waals surface area (Å²) in [5.74, 6) is -0.556. The summed E-state index contributed by atoms with van der Waals surface area (Å²) >= 11 is 0. The molecule has 0 radical (unpaired) electrons. The molecule has 6 atom stereocenters. The minimum atomic E-state index is -1.16. The fourth-order valence-corrected chi connectivity index (χ4v) is 5.73. The lowest BCUT2D eigenvalue weighted by Gasteiger charge is -2.45. The molecule has 0 unspecified atom stereocenters. The molecule has 0 aromatic carbocycles. The predicted octanol–water partition coefficient (Wildman–Crippen LogP) is 3.37. The van der Waals surface area contributed by atoms with E-state index in [1.54, 1.807) is 0 Å². The zero-order valence-electron chi connectivity index (χ0n) is 18.3. The Morgan fingerprint density at radius 1 is 1.14 bits per heavy atom. The Balaban J connectivity index is 2.16. The number of allylic oxidation sites excluding steroid dienone is 4. The van der Waals surface area contributed by atoms with Crippen molar-refractivity contribution in [3.63, 3.8) is 0 Å². The molecule has 0 aromatic heterocycles. The number of ketones is 2. The molecular formula is C24H35NO4. The van der Waals surface area contributed by atoms with Gasteiger partial charge in [-0.25, -0.2) is 0 Å². The molecule has 3 aliphatic rings. The van der Waals surface area contributed by atoms with Crippen molar-refractivity contribution in [1.82, 2.24) is 5.32 Å². The highest BCUT2D eigenvalue weighted by Gasteiger charge is 2.65. The van der Waals surface area contributed by atoms with E-state index in [0.29, 0.717) is 18.8 Å². The molecule has 2 aliphatic carbocycles. The molecule has 160 valence electrons. The van der Waals surface area contributed by atoms with E-state index in [9.17, 15) is 19.5 Å². The Hall–Kier alpha value is -1.75. The van der Waals surface area contributed by atoms with Gasteiger partial charge in [-0.15, -0.1) is 0 Å². The van der Waals surface area contributed by atoms with Gasteiger partial charge in [0.25, 0.3) is 0 Å². The van der Waals surface area contributed by atoms with Crippen molar-refractivity contribution in [2.24, 2.45) is 29.1 Å². The Bertz CT molecular complexity index is 765. The van der Waals surface area contributed by atoms with Gasteiger partial charge < -0.3 is 10.4 Å². The van der Waals surface area contributed by atoms with E-state index in [4.69, 9.17) is 0 Å². The zero-order chi connectivity index (χ0) is 21.5. The Morgan fingerprint density at radius 3 is 2.48 bits per heavy atom. The molecule has 5 nitrogen and oxygen atoms in total. The van der Waals surface area contributed by atoms with Crippen LogP contribution in [0.1, 0.15) is 66.7 Å². The number of rotatable bonds is 2. The fraction of sp³-hybridized carbons (Fsp3) is 0.708. The highest BCUT2D eigenvalue weighted by molar-refractivity contribution is 6.10. The summed E-state index contributed by atoms with van der Waals surface area (Å²) in [6.07, 6.45) is 4.88. The molecule has 5 heteroatoms. The maximum atomic E-state index is 13.7. The normalized spacial score (nSPS) is 40.4. The summed E-state index contributed by atoms with van der Waals surface area (Å²) in [6, 6.07) is -0.0484. The van der Waals surface area contributed by atoms with Crippen LogP contribution in [0.4, 0.5) is 0 Å². The van der Waals surface area contributed by atoms with E-state index in [0.717, 1.165) is 12.0 Å². The lowest BCUT2D eigenvalue weighted by atomic mass is 9.54. The number of Topliss-reactive ketones (excluding diaryl/α,β-unsaturated/α-hetero) is 2. The summed E-state index contributed by atoms with van der Waals surface area (Å²) < 4.78 is 0. The van der Waals surface area contributed by atoms with E-state index in [1.807, 2.05) is 13.0 Å². The van der Waals surface area contributed by atoms with Crippen LogP contribution < -0.4 is 5.32 Å². The zero-order valence-corrected chi connectivity index (χ0v) is 18.3. The molecule has 1 fully saturated rings. The smallest absolute Gasteiger partial charge is 0.235 e. The van der Waals surface area contributed by atoms with E-state index in [-0.39, 0.29) is 54.1 Å². The van der Waals surface area contributed by atoms with Gasteiger partial charge in [0, 0.05) is 30.7 Å². The van der Waals surface area contributed by atoms with Crippen LogP contribution in [0.15, 0.2) is 23.3 Å². The highest BCUT2D eigenvalue weighted by atomic mass is 16.3. The lowest BCUT2D eigenvalue weighted by molar-refractivity contribution is -0.146.